The molecule has 0 fully saturated rings. The van der Waals surface area contributed by atoms with E-state index < -0.39 is 31.6 Å². The van der Waals surface area contributed by atoms with Crippen molar-refractivity contribution in [1.82, 2.24) is 0 Å². The van der Waals surface area contributed by atoms with E-state index in [1.54, 1.807) is 17.7 Å². The zero-order valence-electron chi connectivity index (χ0n) is 14.7. The fourth-order valence-electron chi connectivity index (χ4n) is 3.93. The minimum Gasteiger partial charge on any atom is -1.00 e. The van der Waals surface area contributed by atoms with E-state index >= 15 is 0 Å². The number of halogens is 2. The van der Waals surface area contributed by atoms with E-state index in [0.717, 1.165) is 6.42 Å². The van der Waals surface area contributed by atoms with Crippen molar-refractivity contribution in [3.63, 3.8) is 0 Å². The van der Waals surface area contributed by atoms with Crippen molar-refractivity contribution in [2.24, 2.45) is 5.41 Å². The second-order valence-corrected chi connectivity index (χ2v) is 15.5. The molecule has 2 aliphatic carbocycles. The number of hydrogen-bond acceptors (Lipinski definition) is 1. The fourth-order valence-corrected chi connectivity index (χ4v) is 9.51. The summed E-state index contributed by atoms with van der Waals surface area (Å²) in [4.78, 5) is 0. The quantitative estimate of drug-likeness (QED) is 0.510. The Kier molecular flexibility index (Phi) is 7.41. The molecule has 0 saturated carbocycles. The summed E-state index contributed by atoms with van der Waals surface area (Å²) in [5, 5.41) is 0. The molecule has 1 nitrogen and oxygen atoms in total. The predicted molar refractivity (Wildman–Crippen MR) is 88.2 cm³/mol. The monoisotopic (exact) mass is 446 g/mol. The van der Waals surface area contributed by atoms with Gasteiger partial charge in [0.15, 0.2) is 0 Å². The van der Waals surface area contributed by atoms with Gasteiger partial charge in [-0.15, -0.1) is 0 Å². The van der Waals surface area contributed by atoms with E-state index in [0.29, 0.717) is 6.10 Å². The Morgan fingerprint density at radius 2 is 1.57 bits per heavy atom. The number of hydrogen-bond donors (Lipinski definition) is 0. The van der Waals surface area contributed by atoms with Crippen molar-refractivity contribution in [1.29, 1.82) is 0 Å². The second kappa shape index (κ2) is 7.87. The van der Waals surface area contributed by atoms with Crippen LogP contribution in [0.1, 0.15) is 33.1 Å². The first-order chi connectivity index (χ1) is 9.86. The van der Waals surface area contributed by atoms with Gasteiger partial charge in [0.2, 0.25) is 0 Å². The molecule has 0 spiro atoms. The van der Waals surface area contributed by atoms with Gasteiger partial charge in [0, 0.05) is 0 Å². The van der Waals surface area contributed by atoms with Crippen LogP contribution in [-0.4, -0.2) is 14.4 Å². The van der Waals surface area contributed by atoms with E-state index in [-0.39, 0.29) is 30.2 Å². The minimum absolute atomic E-state index is 0. The summed E-state index contributed by atoms with van der Waals surface area (Å²) in [5.41, 5.74) is 3.35. The third-order valence-electron chi connectivity index (χ3n) is 4.79. The normalized spacial score (nSPS) is 21.8. The average Bonchev–Trinajstić information content (AvgIpc) is 3.03. The Morgan fingerprint density at radius 3 is 1.96 bits per heavy atom. The summed E-state index contributed by atoms with van der Waals surface area (Å²) in [7, 11) is -1.54. The van der Waals surface area contributed by atoms with Crippen molar-refractivity contribution in [2.75, 3.05) is 0 Å². The molecule has 0 aromatic heterocycles. The first-order valence-corrected chi connectivity index (χ1v) is 14.0. The van der Waals surface area contributed by atoms with E-state index in [1.807, 2.05) is 0 Å². The second-order valence-electron chi connectivity index (χ2n) is 7.45. The maximum absolute atomic E-state index is 6.67. The van der Waals surface area contributed by atoms with Crippen molar-refractivity contribution in [3.8, 4) is 0 Å². The average molecular weight is 449 g/mol. The molecule has 23 heavy (non-hydrogen) atoms. The molecule has 0 bridgehead atoms. The van der Waals surface area contributed by atoms with Gasteiger partial charge in [-0.2, -0.15) is 0 Å². The summed E-state index contributed by atoms with van der Waals surface area (Å²) in [6, 6.07) is 0. The van der Waals surface area contributed by atoms with Gasteiger partial charge in [-0.25, -0.2) is 0 Å². The van der Waals surface area contributed by atoms with Crippen molar-refractivity contribution in [3.05, 3.63) is 42.0 Å². The summed E-state index contributed by atoms with van der Waals surface area (Å²) in [5.74, 6) is 0. The first-order valence-electron chi connectivity index (χ1n) is 8.11. The van der Waals surface area contributed by atoms with E-state index in [1.165, 1.54) is 12.8 Å². The molecule has 3 rings (SSSR count). The van der Waals surface area contributed by atoms with E-state index in [4.69, 9.17) is 4.43 Å². The molecule has 1 unspecified atom stereocenters. The molecule has 1 aliphatic heterocycles. The molecule has 0 saturated heterocycles. The summed E-state index contributed by atoms with van der Waals surface area (Å²) >= 11 is -0.502. The molecular formula is C18H26Cl2OSiZr. The zero-order valence-corrected chi connectivity index (χ0v) is 19.6. The smallest absolute Gasteiger partial charge is 1.00 e. The standard InChI is InChI=1S/C18H26OSi.2ClH.Zr/c1-6-17(19-20(3,4)5)18(2,15-11-7-8-12-15)16-13-9-10-14-16;;;/h7,9,11,13,17H,6,8,10H2,1-5H3;2*1H;/q;;;+2/p-2. The van der Waals surface area contributed by atoms with Gasteiger partial charge >= 0.3 is 142 Å². The largest absolute Gasteiger partial charge is 1.00 e. The van der Waals surface area contributed by atoms with Crippen LogP contribution in [0.4, 0.5) is 0 Å². The van der Waals surface area contributed by atoms with Crippen molar-refractivity contribution < 1.29 is 52.5 Å². The topological polar surface area (TPSA) is 9.23 Å². The summed E-state index contributed by atoms with van der Waals surface area (Å²) in [6.45, 7) is 11.7. The van der Waals surface area contributed by atoms with Gasteiger partial charge in [-0.05, 0) is 0 Å². The van der Waals surface area contributed by atoms with Crippen LogP contribution < -0.4 is 24.8 Å². The Labute approximate surface area is 166 Å². The Balaban J connectivity index is 0.00000132. The molecule has 0 aromatic carbocycles. The van der Waals surface area contributed by atoms with Gasteiger partial charge in [0.05, 0.1) is 0 Å². The summed E-state index contributed by atoms with van der Waals surface area (Å²) < 4.78 is 10.3. The molecule has 0 aromatic rings. The van der Waals surface area contributed by atoms with Gasteiger partial charge < -0.3 is 24.8 Å². The molecule has 3 aliphatic rings. The maximum atomic E-state index is 6.67. The molecular weight excluding hydrogens is 422 g/mol. The van der Waals surface area contributed by atoms with Crippen molar-refractivity contribution in [2.45, 2.75) is 58.9 Å². The molecule has 0 amide bonds. The molecule has 1 atom stereocenters. The summed E-state index contributed by atoms with van der Waals surface area (Å²) in [6.07, 6.45) is 13.5. The maximum Gasteiger partial charge on any atom is -1.00 e. The fraction of sp³-hybridized carbons (Fsp3) is 0.556. The van der Waals surface area contributed by atoms with Gasteiger partial charge in [0.1, 0.15) is 0 Å². The van der Waals surface area contributed by atoms with Crippen molar-refractivity contribution >= 4 is 8.32 Å². The van der Waals surface area contributed by atoms with Gasteiger partial charge in [-0.1, -0.05) is 0 Å². The molecule has 0 N–H and O–H groups in total. The Hall–Kier alpha value is 0.600. The van der Waals surface area contributed by atoms with Gasteiger partial charge in [0.25, 0.3) is 0 Å². The van der Waals surface area contributed by atoms with Crippen LogP contribution in [0.2, 0.25) is 19.6 Å². The SMILES string of the molecule is CCC(O[Si](C)(C)C)C1(C)C2=[C](CC=C2)[Zr+2][C]2=C1C=CC2.[Cl-].[Cl-]. The first kappa shape index (κ1) is 21.6. The van der Waals surface area contributed by atoms with Crippen LogP contribution in [-0.2, 0) is 27.7 Å². The molecule has 5 heteroatoms. The Morgan fingerprint density at radius 1 is 1.09 bits per heavy atom. The van der Waals surface area contributed by atoms with Crippen LogP contribution in [0.5, 0.6) is 0 Å². The molecule has 126 valence electrons. The zero-order chi connectivity index (χ0) is 15.3. The Bertz CT molecular complexity index is 548. The van der Waals surface area contributed by atoms with E-state index in [2.05, 4.69) is 57.8 Å². The molecule has 1 heterocycles. The van der Waals surface area contributed by atoms with Crippen LogP contribution in [0, 0.1) is 5.41 Å². The van der Waals surface area contributed by atoms with E-state index in [9.17, 15) is 0 Å². The number of allylic oxidation sites excluding steroid dienone is 6. The molecule has 0 radical (unpaired) electrons. The van der Waals surface area contributed by atoms with Crippen LogP contribution in [0.25, 0.3) is 0 Å². The van der Waals surface area contributed by atoms with Crippen LogP contribution >= 0.6 is 0 Å². The van der Waals surface area contributed by atoms with Crippen LogP contribution in [0.15, 0.2) is 42.0 Å². The third kappa shape index (κ3) is 3.90. The minimum atomic E-state index is -1.54. The number of rotatable bonds is 4. The third-order valence-corrected chi connectivity index (χ3v) is 9.60. The van der Waals surface area contributed by atoms with Gasteiger partial charge in [-0.3, -0.25) is 0 Å². The predicted octanol–water partition coefficient (Wildman–Crippen LogP) is -0.845. The van der Waals surface area contributed by atoms with Crippen LogP contribution in [0.3, 0.4) is 0 Å².